The number of carbonyl (C=O) groups excluding carboxylic acids is 1. The molecule has 7 nitrogen and oxygen atoms in total. The smallest absolute Gasteiger partial charge is 0.272 e. The summed E-state index contributed by atoms with van der Waals surface area (Å²) in [6.45, 7) is 8.07. The van der Waals surface area contributed by atoms with Crippen LogP contribution in [-0.2, 0) is 9.84 Å². The summed E-state index contributed by atoms with van der Waals surface area (Å²) in [4.78, 5) is 18.1. The topological polar surface area (TPSA) is 91.5 Å². The Morgan fingerprint density at radius 3 is 2.48 bits per heavy atom. The van der Waals surface area contributed by atoms with Crippen LogP contribution in [0.3, 0.4) is 0 Å². The van der Waals surface area contributed by atoms with Gasteiger partial charge in [0, 0.05) is 28.9 Å². The van der Waals surface area contributed by atoms with Crippen LogP contribution in [0.2, 0.25) is 0 Å². The number of hydrogen-bond acceptors (Lipinski definition) is 5. The van der Waals surface area contributed by atoms with Crippen LogP contribution in [0, 0.1) is 0 Å². The van der Waals surface area contributed by atoms with Gasteiger partial charge in [-0.15, -0.1) is 0 Å². The van der Waals surface area contributed by atoms with Crippen LogP contribution in [0.25, 0.3) is 6.08 Å². The lowest BCUT2D eigenvalue weighted by atomic mass is 10.1. The Balaban J connectivity index is 1.60. The number of allylic oxidation sites excluding steroid dienone is 1. The zero-order chi connectivity index (χ0) is 23.8. The third-order valence-electron chi connectivity index (χ3n) is 5.02. The molecule has 1 aromatic heterocycles. The standard InChI is InChI=1S/C25H25N3O4S/c1-16(2)32-21-12-10-20(11-13-21)28-17(3)8-9-18-14-23(27-24(18)28)25(29)26-19-6-5-7-22(15-19)33(4,30)31/h5-16,27H,3H2,1-2,4H3,(H,26,29). The SMILES string of the molecule is C=C1C=Cc2cc(C(=O)Nc3cccc(S(C)(=O)=O)c3)[nH]c2N1c1ccc(OC(C)C)cc1. The van der Waals surface area contributed by atoms with Crippen LogP contribution in [0.4, 0.5) is 17.2 Å². The molecule has 0 atom stereocenters. The van der Waals surface area contributed by atoms with E-state index in [1.807, 2.05) is 55.2 Å². The number of rotatable bonds is 6. The molecule has 0 fully saturated rings. The first-order valence-corrected chi connectivity index (χ1v) is 12.3. The van der Waals surface area contributed by atoms with Crippen molar-refractivity contribution in [1.29, 1.82) is 0 Å². The van der Waals surface area contributed by atoms with Gasteiger partial charge in [-0.2, -0.15) is 0 Å². The van der Waals surface area contributed by atoms with E-state index in [1.54, 1.807) is 18.2 Å². The summed E-state index contributed by atoms with van der Waals surface area (Å²) in [6, 6.07) is 15.6. The van der Waals surface area contributed by atoms with Crippen molar-refractivity contribution in [2.45, 2.75) is 24.8 Å². The van der Waals surface area contributed by atoms with Crippen LogP contribution in [0.15, 0.2) is 77.8 Å². The lowest BCUT2D eigenvalue weighted by Crippen LogP contribution is -2.18. The number of benzene rings is 2. The fraction of sp³-hybridized carbons (Fsp3) is 0.160. The van der Waals surface area contributed by atoms with Crippen molar-refractivity contribution in [2.75, 3.05) is 16.5 Å². The number of aromatic amines is 1. The zero-order valence-corrected chi connectivity index (χ0v) is 19.4. The highest BCUT2D eigenvalue weighted by Crippen LogP contribution is 2.37. The molecule has 0 unspecified atom stereocenters. The third-order valence-corrected chi connectivity index (χ3v) is 6.13. The van der Waals surface area contributed by atoms with Crippen molar-refractivity contribution in [2.24, 2.45) is 0 Å². The molecule has 1 aliphatic heterocycles. The number of fused-ring (bicyclic) bond motifs is 1. The molecule has 0 saturated heterocycles. The Bertz CT molecular complexity index is 1350. The van der Waals surface area contributed by atoms with E-state index in [0.29, 0.717) is 11.4 Å². The molecule has 2 heterocycles. The van der Waals surface area contributed by atoms with Gasteiger partial charge in [-0.25, -0.2) is 8.42 Å². The fourth-order valence-corrected chi connectivity index (χ4v) is 4.21. The molecule has 3 aromatic rings. The van der Waals surface area contributed by atoms with Gasteiger partial charge in [0.15, 0.2) is 9.84 Å². The summed E-state index contributed by atoms with van der Waals surface area (Å²) in [6.07, 6.45) is 4.98. The molecule has 170 valence electrons. The predicted molar refractivity (Wildman–Crippen MR) is 131 cm³/mol. The summed E-state index contributed by atoms with van der Waals surface area (Å²) in [5.41, 5.74) is 3.19. The molecule has 0 spiro atoms. The normalized spacial score (nSPS) is 13.2. The van der Waals surface area contributed by atoms with Gasteiger partial charge < -0.3 is 15.0 Å². The van der Waals surface area contributed by atoms with E-state index in [0.717, 1.165) is 34.8 Å². The minimum absolute atomic E-state index is 0.0814. The maximum atomic E-state index is 12.9. The van der Waals surface area contributed by atoms with Crippen LogP contribution in [-0.4, -0.2) is 31.7 Å². The van der Waals surface area contributed by atoms with E-state index >= 15 is 0 Å². The number of carbonyl (C=O) groups is 1. The highest BCUT2D eigenvalue weighted by molar-refractivity contribution is 7.90. The van der Waals surface area contributed by atoms with Gasteiger partial charge in [-0.3, -0.25) is 9.69 Å². The Labute approximate surface area is 193 Å². The van der Waals surface area contributed by atoms with E-state index in [1.165, 1.54) is 12.1 Å². The lowest BCUT2D eigenvalue weighted by molar-refractivity contribution is 0.102. The number of sulfone groups is 1. The predicted octanol–water partition coefficient (Wildman–Crippen LogP) is 5.14. The van der Waals surface area contributed by atoms with Gasteiger partial charge in [0.25, 0.3) is 5.91 Å². The Morgan fingerprint density at radius 2 is 1.82 bits per heavy atom. The van der Waals surface area contributed by atoms with Crippen LogP contribution in [0.1, 0.15) is 29.9 Å². The third kappa shape index (κ3) is 4.85. The maximum Gasteiger partial charge on any atom is 0.272 e. The van der Waals surface area contributed by atoms with Crippen molar-refractivity contribution in [1.82, 2.24) is 4.98 Å². The Hall–Kier alpha value is -3.78. The van der Waals surface area contributed by atoms with Gasteiger partial charge in [0.2, 0.25) is 0 Å². The number of nitrogens with one attached hydrogen (secondary N) is 2. The van der Waals surface area contributed by atoms with E-state index in [9.17, 15) is 13.2 Å². The number of anilines is 3. The van der Waals surface area contributed by atoms with Crippen molar-refractivity contribution in [3.05, 3.63) is 84.2 Å². The molecule has 0 aliphatic carbocycles. The summed E-state index contributed by atoms with van der Waals surface area (Å²) in [5.74, 6) is 1.11. The number of ether oxygens (including phenoxy) is 1. The number of H-pyrrole nitrogens is 1. The highest BCUT2D eigenvalue weighted by atomic mass is 32.2. The van der Waals surface area contributed by atoms with Gasteiger partial charge in [0.05, 0.1) is 11.0 Å². The molecule has 2 N–H and O–H groups in total. The van der Waals surface area contributed by atoms with Gasteiger partial charge >= 0.3 is 0 Å². The van der Waals surface area contributed by atoms with E-state index in [-0.39, 0.29) is 16.9 Å². The van der Waals surface area contributed by atoms with E-state index in [4.69, 9.17) is 4.74 Å². The van der Waals surface area contributed by atoms with Gasteiger partial charge in [0.1, 0.15) is 17.3 Å². The first kappa shape index (κ1) is 22.4. The Kier molecular flexibility index (Phi) is 5.86. The van der Waals surface area contributed by atoms with Crippen molar-refractivity contribution < 1.29 is 17.9 Å². The molecular weight excluding hydrogens is 438 g/mol. The number of nitrogens with zero attached hydrogens (tertiary/aromatic N) is 1. The average molecular weight is 464 g/mol. The number of aromatic nitrogens is 1. The van der Waals surface area contributed by atoms with Gasteiger partial charge in [-0.05, 0) is 74.5 Å². The van der Waals surface area contributed by atoms with Crippen LogP contribution >= 0.6 is 0 Å². The van der Waals surface area contributed by atoms with Crippen molar-refractivity contribution in [3.8, 4) is 5.75 Å². The largest absolute Gasteiger partial charge is 0.491 e. The number of hydrogen-bond donors (Lipinski definition) is 2. The molecule has 1 amide bonds. The first-order chi connectivity index (χ1) is 15.6. The summed E-state index contributed by atoms with van der Waals surface area (Å²) < 4.78 is 29.3. The van der Waals surface area contributed by atoms with Crippen LogP contribution < -0.4 is 15.0 Å². The zero-order valence-electron chi connectivity index (χ0n) is 18.6. The lowest BCUT2D eigenvalue weighted by Gasteiger charge is -2.27. The molecule has 0 bridgehead atoms. The van der Waals surface area contributed by atoms with E-state index in [2.05, 4.69) is 16.9 Å². The summed E-state index contributed by atoms with van der Waals surface area (Å²) in [5, 5.41) is 2.76. The monoisotopic (exact) mass is 463 g/mol. The molecule has 1 aliphatic rings. The van der Waals surface area contributed by atoms with Crippen molar-refractivity contribution in [3.63, 3.8) is 0 Å². The molecule has 2 aromatic carbocycles. The molecular formula is C25H25N3O4S. The van der Waals surface area contributed by atoms with Crippen molar-refractivity contribution >= 4 is 39.0 Å². The molecule has 33 heavy (non-hydrogen) atoms. The van der Waals surface area contributed by atoms with Crippen LogP contribution in [0.5, 0.6) is 5.75 Å². The molecule has 8 heteroatoms. The summed E-state index contributed by atoms with van der Waals surface area (Å²) in [7, 11) is -3.38. The second-order valence-electron chi connectivity index (χ2n) is 8.06. The molecule has 4 rings (SSSR count). The maximum absolute atomic E-state index is 12.9. The minimum atomic E-state index is -3.38. The first-order valence-electron chi connectivity index (χ1n) is 10.4. The average Bonchev–Trinajstić information content (AvgIpc) is 3.18. The second-order valence-corrected chi connectivity index (χ2v) is 10.1. The minimum Gasteiger partial charge on any atom is -0.491 e. The van der Waals surface area contributed by atoms with E-state index < -0.39 is 9.84 Å². The second kappa shape index (κ2) is 8.63. The fourth-order valence-electron chi connectivity index (χ4n) is 3.54. The highest BCUT2D eigenvalue weighted by Gasteiger charge is 2.23. The number of amides is 1. The Morgan fingerprint density at radius 1 is 1.09 bits per heavy atom. The van der Waals surface area contributed by atoms with Gasteiger partial charge in [-0.1, -0.05) is 12.6 Å². The quantitative estimate of drug-likeness (QED) is 0.528. The molecule has 0 saturated carbocycles. The summed E-state index contributed by atoms with van der Waals surface area (Å²) >= 11 is 0. The molecule has 0 radical (unpaired) electrons.